The number of nitrogens with one attached hydrogen (secondary N) is 2. The molecule has 1 aromatic carbocycles. The maximum absolute atomic E-state index is 12.0. The van der Waals surface area contributed by atoms with E-state index in [-0.39, 0.29) is 36.0 Å². The Hall–Kier alpha value is -1.68. The molecule has 2 N–H and O–H groups in total. The van der Waals surface area contributed by atoms with Crippen molar-refractivity contribution in [3.05, 3.63) is 51.0 Å². The van der Waals surface area contributed by atoms with E-state index in [0.717, 1.165) is 23.9 Å². The molecule has 0 radical (unpaired) electrons. The van der Waals surface area contributed by atoms with Crippen molar-refractivity contribution in [2.45, 2.75) is 47.1 Å². The Bertz CT molecular complexity index is 806. The Kier molecular flexibility index (Phi) is 11.2. The number of hydrogen-bond donors (Lipinski definition) is 2. The Morgan fingerprint density at radius 1 is 1.24 bits per heavy atom. The summed E-state index contributed by atoms with van der Waals surface area (Å²) in [6.45, 7) is 11.6. The summed E-state index contributed by atoms with van der Waals surface area (Å²) in [4.78, 5) is 21.8. The highest BCUT2D eigenvalue weighted by atomic mass is 127. The molecule has 6 nitrogen and oxygen atoms in total. The summed E-state index contributed by atoms with van der Waals surface area (Å²) in [6.07, 6.45) is 0.884. The average molecular weight is 530 g/mol. The number of carbonyl (C=O) groups is 1. The maximum Gasteiger partial charge on any atom is 0.350 e. The Morgan fingerprint density at radius 2 is 1.93 bits per heavy atom. The first-order chi connectivity index (χ1) is 13.4. The lowest BCUT2D eigenvalue weighted by Gasteiger charge is -2.16. The minimum Gasteiger partial charge on any atom is -0.462 e. The van der Waals surface area contributed by atoms with E-state index in [1.165, 1.54) is 22.5 Å². The summed E-state index contributed by atoms with van der Waals surface area (Å²) in [5, 5.41) is 7.48. The number of aromatic nitrogens is 1. The van der Waals surface area contributed by atoms with Crippen molar-refractivity contribution in [1.82, 2.24) is 15.6 Å². The molecule has 8 heteroatoms. The van der Waals surface area contributed by atoms with Gasteiger partial charge in [0, 0.05) is 13.1 Å². The molecule has 0 bridgehead atoms. The Labute approximate surface area is 194 Å². The van der Waals surface area contributed by atoms with Gasteiger partial charge in [0.15, 0.2) is 5.96 Å². The van der Waals surface area contributed by atoms with E-state index in [1.54, 1.807) is 6.92 Å². The molecule has 1 unspecified atom stereocenters. The van der Waals surface area contributed by atoms with E-state index >= 15 is 0 Å². The summed E-state index contributed by atoms with van der Waals surface area (Å²) in [5.41, 5.74) is 3.23. The standard InChI is InChI=1S/C21H30N4O2S.HI/c1-6-22-21(23-13-12-17-10-8-14(3)9-11-17)25-16(5)19-24-15(4)18(28-19)20(26)27-7-2;/h8-11,16H,6-7,12-13H2,1-5H3,(H2,22,23,25);1H. The zero-order valence-corrected chi connectivity index (χ0v) is 20.9. The van der Waals surface area contributed by atoms with Gasteiger partial charge < -0.3 is 15.4 Å². The van der Waals surface area contributed by atoms with Crippen molar-refractivity contribution in [2.75, 3.05) is 19.7 Å². The molecular formula is C21H31IN4O2S. The van der Waals surface area contributed by atoms with Crippen LogP contribution >= 0.6 is 35.3 Å². The third-order valence-corrected chi connectivity index (χ3v) is 5.45. The number of carbonyl (C=O) groups excluding carboxylic acids is 1. The molecular weight excluding hydrogens is 499 g/mol. The summed E-state index contributed by atoms with van der Waals surface area (Å²) in [5.74, 6) is 0.433. The molecule has 160 valence electrons. The van der Waals surface area contributed by atoms with Crippen molar-refractivity contribution in [3.63, 3.8) is 0 Å². The number of thiazole rings is 1. The third kappa shape index (κ3) is 7.93. The van der Waals surface area contributed by atoms with Gasteiger partial charge in [0.25, 0.3) is 0 Å². The molecule has 0 aliphatic rings. The fourth-order valence-electron chi connectivity index (χ4n) is 2.63. The highest BCUT2D eigenvalue weighted by Gasteiger charge is 2.20. The van der Waals surface area contributed by atoms with Crippen LogP contribution in [0.5, 0.6) is 0 Å². The first-order valence-electron chi connectivity index (χ1n) is 9.69. The van der Waals surface area contributed by atoms with Gasteiger partial charge in [-0.25, -0.2) is 9.78 Å². The molecule has 0 fully saturated rings. The highest BCUT2D eigenvalue weighted by Crippen LogP contribution is 2.24. The van der Waals surface area contributed by atoms with E-state index in [1.807, 2.05) is 20.8 Å². The van der Waals surface area contributed by atoms with Crippen LogP contribution in [0.2, 0.25) is 0 Å². The lowest BCUT2D eigenvalue weighted by Crippen LogP contribution is -2.38. The van der Waals surface area contributed by atoms with E-state index in [9.17, 15) is 4.79 Å². The van der Waals surface area contributed by atoms with Gasteiger partial charge in [0.2, 0.25) is 0 Å². The van der Waals surface area contributed by atoms with Gasteiger partial charge in [-0.2, -0.15) is 0 Å². The minimum atomic E-state index is -0.311. The van der Waals surface area contributed by atoms with Crippen molar-refractivity contribution in [2.24, 2.45) is 4.99 Å². The number of aryl methyl sites for hydroxylation is 2. The maximum atomic E-state index is 12.0. The van der Waals surface area contributed by atoms with Gasteiger partial charge in [0.05, 0.1) is 18.3 Å². The second kappa shape index (κ2) is 12.8. The van der Waals surface area contributed by atoms with Crippen LogP contribution in [-0.4, -0.2) is 36.6 Å². The van der Waals surface area contributed by atoms with Gasteiger partial charge in [-0.3, -0.25) is 4.99 Å². The number of rotatable bonds is 8. The van der Waals surface area contributed by atoms with Gasteiger partial charge >= 0.3 is 5.97 Å². The first kappa shape index (κ1) is 25.4. The smallest absolute Gasteiger partial charge is 0.350 e. The zero-order chi connectivity index (χ0) is 20.5. The fraction of sp³-hybridized carbons (Fsp3) is 0.476. The van der Waals surface area contributed by atoms with Crippen LogP contribution < -0.4 is 10.6 Å². The van der Waals surface area contributed by atoms with E-state index in [4.69, 9.17) is 4.74 Å². The predicted molar refractivity (Wildman–Crippen MR) is 131 cm³/mol. The summed E-state index contributed by atoms with van der Waals surface area (Å²) in [6, 6.07) is 8.46. The summed E-state index contributed by atoms with van der Waals surface area (Å²) in [7, 11) is 0. The second-order valence-electron chi connectivity index (χ2n) is 6.55. The lowest BCUT2D eigenvalue weighted by molar-refractivity contribution is 0.0531. The largest absolute Gasteiger partial charge is 0.462 e. The van der Waals surface area contributed by atoms with Crippen LogP contribution in [0.25, 0.3) is 0 Å². The monoisotopic (exact) mass is 530 g/mol. The number of aliphatic imine (C=N–C) groups is 1. The Balaban J connectivity index is 0.00000420. The van der Waals surface area contributed by atoms with Crippen LogP contribution in [0, 0.1) is 13.8 Å². The van der Waals surface area contributed by atoms with Crippen LogP contribution in [0.1, 0.15) is 58.3 Å². The summed E-state index contributed by atoms with van der Waals surface area (Å²) >= 11 is 1.37. The molecule has 0 saturated heterocycles. The molecule has 0 amide bonds. The zero-order valence-electron chi connectivity index (χ0n) is 17.7. The van der Waals surface area contributed by atoms with Crippen LogP contribution in [0.4, 0.5) is 0 Å². The van der Waals surface area contributed by atoms with Gasteiger partial charge in [0.1, 0.15) is 9.88 Å². The number of esters is 1. The minimum absolute atomic E-state index is 0. The number of halogens is 1. The molecule has 0 aliphatic heterocycles. The van der Waals surface area contributed by atoms with Crippen LogP contribution in [-0.2, 0) is 11.2 Å². The normalized spacial score (nSPS) is 12.1. The summed E-state index contributed by atoms with van der Waals surface area (Å²) < 4.78 is 5.10. The van der Waals surface area contributed by atoms with E-state index in [0.29, 0.717) is 23.7 Å². The van der Waals surface area contributed by atoms with Crippen LogP contribution in [0.15, 0.2) is 29.3 Å². The average Bonchev–Trinajstić information content (AvgIpc) is 3.06. The van der Waals surface area contributed by atoms with Gasteiger partial charge in [-0.05, 0) is 46.6 Å². The van der Waals surface area contributed by atoms with Gasteiger partial charge in [-0.1, -0.05) is 29.8 Å². The van der Waals surface area contributed by atoms with Crippen molar-refractivity contribution >= 4 is 47.2 Å². The number of nitrogens with zero attached hydrogens (tertiary/aromatic N) is 2. The lowest BCUT2D eigenvalue weighted by atomic mass is 10.1. The topological polar surface area (TPSA) is 75.6 Å². The SMILES string of the molecule is CCNC(=NCCc1ccc(C)cc1)NC(C)c1nc(C)c(C(=O)OCC)s1.I. The number of ether oxygens (including phenoxy) is 1. The second-order valence-corrected chi connectivity index (χ2v) is 7.58. The van der Waals surface area contributed by atoms with Crippen molar-refractivity contribution in [1.29, 1.82) is 0 Å². The molecule has 2 rings (SSSR count). The van der Waals surface area contributed by atoms with Crippen molar-refractivity contribution in [3.8, 4) is 0 Å². The quantitative estimate of drug-likeness (QED) is 0.229. The molecule has 29 heavy (non-hydrogen) atoms. The first-order valence-corrected chi connectivity index (χ1v) is 10.5. The molecule has 0 spiro atoms. The molecule has 1 aromatic heterocycles. The molecule has 0 saturated carbocycles. The highest BCUT2D eigenvalue weighted by molar-refractivity contribution is 14.0. The van der Waals surface area contributed by atoms with Gasteiger partial charge in [-0.15, -0.1) is 35.3 Å². The fourth-order valence-corrected chi connectivity index (χ4v) is 3.59. The van der Waals surface area contributed by atoms with E-state index < -0.39 is 0 Å². The molecule has 1 heterocycles. The third-order valence-electron chi connectivity index (χ3n) is 4.13. The molecule has 2 aromatic rings. The molecule has 1 atom stereocenters. The van der Waals surface area contributed by atoms with E-state index in [2.05, 4.69) is 51.8 Å². The van der Waals surface area contributed by atoms with Crippen molar-refractivity contribution < 1.29 is 9.53 Å². The van der Waals surface area contributed by atoms with Crippen LogP contribution in [0.3, 0.4) is 0 Å². The number of benzene rings is 1. The number of guanidine groups is 1. The number of hydrogen-bond acceptors (Lipinski definition) is 5. The predicted octanol–water partition coefficient (Wildman–Crippen LogP) is 4.41. The Morgan fingerprint density at radius 3 is 2.55 bits per heavy atom. The molecule has 0 aliphatic carbocycles.